The molecule has 0 aliphatic carbocycles. The second kappa shape index (κ2) is 7.84. The van der Waals surface area contributed by atoms with Crippen LogP contribution < -0.4 is 0 Å². The van der Waals surface area contributed by atoms with Gasteiger partial charge in [0, 0.05) is 17.0 Å². The van der Waals surface area contributed by atoms with Crippen LogP contribution in [0.1, 0.15) is 24.0 Å². The summed E-state index contributed by atoms with van der Waals surface area (Å²) in [5.74, 6) is 0.433. The monoisotopic (exact) mass is 398 g/mol. The minimum Gasteiger partial charge on any atom is -0.508 e. The average Bonchev–Trinajstić information content (AvgIpc) is 2.75. The third-order valence-corrected chi connectivity index (χ3v) is 5.39. The average molecular weight is 398 g/mol. The minimum atomic E-state index is -0.265. The first-order valence-corrected chi connectivity index (χ1v) is 9.67. The molecule has 4 rings (SSSR count). The maximum absolute atomic E-state index is 10.5. The van der Waals surface area contributed by atoms with Crippen LogP contribution in [0.5, 0.6) is 23.0 Å². The fraction of sp³-hybridized carbons (Fsp3) is 0.0769. The van der Waals surface area contributed by atoms with E-state index in [1.807, 2.05) is 55.5 Å². The Kier molecular flexibility index (Phi) is 5.07. The van der Waals surface area contributed by atoms with Crippen molar-refractivity contribution in [3.05, 3.63) is 96.1 Å². The summed E-state index contributed by atoms with van der Waals surface area (Å²) >= 11 is 0. The van der Waals surface area contributed by atoms with E-state index in [1.54, 1.807) is 36.4 Å². The fourth-order valence-corrected chi connectivity index (χ4v) is 3.64. The van der Waals surface area contributed by atoms with E-state index in [9.17, 15) is 20.4 Å². The lowest BCUT2D eigenvalue weighted by molar-refractivity contribution is 0.457. The van der Waals surface area contributed by atoms with Crippen LogP contribution in [0.25, 0.3) is 22.3 Å². The highest BCUT2D eigenvalue weighted by atomic mass is 16.3. The van der Waals surface area contributed by atoms with Gasteiger partial charge >= 0.3 is 0 Å². The maximum atomic E-state index is 10.5. The maximum Gasteiger partial charge on any atom is 0.119 e. The second-order valence-corrected chi connectivity index (χ2v) is 7.36. The van der Waals surface area contributed by atoms with Gasteiger partial charge in [0.05, 0.1) is 0 Å². The Balaban J connectivity index is 1.74. The Morgan fingerprint density at radius 2 is 0.800 bits per heavy atom. The lowest BCUT2D eigenvalue weighted by Crippen LogP contribution is -1.98. The zero-order valence-corrected chi connectivity index (χ0v) is 16.4. The molecule has 4 aromatic rings. The normalized spacial score (nSPS) is 11.0. The van der Waals surface area contributed by atoms with Crippen LogP contribution in [0.2, 0.25) is 0 Å². The molecule has 0 amide bonds. The Bertz CT molecular complexity index is 1080. The summed E-state index contributed by atoms with van der Waals surface area (Å²) in [6, 6.07) is 24.5. The first kappa shape index (κ1) is 19.4. The minimum absolute atomic E-state index is 0.152. The van der Waals surface area contributed by atoms with Crippen LogP contribution in [0, 0.1) is 0 Å². The third-order valence-electron chi connectivity index (χ3n) is 5.39. The second-order valence-electron chi connectivity index (χ2n) is 7.36. The summed E-state index contributed by atoms with van der Waals surface area (Å²) in [5.41, 5.74) is 5.04. The van der Waals surface area contributed by atoms with Crippen LogP contribution >= 0.6 is 0 Å². The molecule has 0 fully saturated rings. The molecule has 150 valence electrons. The first-order valence-electron chi connectivity index (χ1n) is 9.67. The van der Waals surface area contributed by atoms with Gasteiger partial charge in [-0.15, -0.1) is 0 Å². The molecule has 0 unspecified atom stereocenters. The molecule has 4 N–H and O–H groups in total. The molecule has 30 heavy (non-hydrogen) atoms. The van der Waals surface area contributed by atoms with E-state index in [4.69, 9.17) is 0 Å². The van der Waals surface area contributed by atoms with E-state index < -0.39 is 0 Å². The molecule has 0 spiro atoms. The molecule has 0 aliphatic rings. The van der Waals surface area contributed by atoms with Gasteiger partial charge in [0.25, 0.3) is 0 Å². The molecular weight excluding hydrogens is 376 g/mol. The number of aromatic hydroxyl groups is 4. The molecule has 0 heterocycles. The Morgan fingerprint density at radius 1 is 0.467 bits per heavy atom. The van der Waals surface area contributed by atoms with Gasteiger partial charge < -0.3 is 20.4 Å². The van der Waals surface area contributed by atoms with Crippen molar-refractivity contribution in [2.75, 3.05) is 0 Å². The third kappa shape index (κ3) is 3.80. The van der Waals surface area contributed by atoms with Crippen LogP contribution in [0.3, 0.4) is 0 Å². The summed E-state index contributed by atoms with van der Waals surface area (Å²) in [6.45, 7) is 1.94. The summed E-state index contributed by atoms with van der Waals surface area (Å²) in [5, 5.41) is 40.1. The largest absolute Gasteiger partial charge is 0.508 e. The zero-order valence-electron chi connectivity index (χ0n) is 16.4. The lowest BCUT2D eigenvalue weighted by Gasteiger charge is -2.18. The van der Waals surface area contributed by atoms with Crippen molar-refractivity contribution in [2.24, 2.45) is 0 Å². The predicted octanol–water partition coefficient (Wildman–Crippen LogP) is 5.99. The molecule has 0 aliphatic heterocycles. The molecule has 4 heteroatoms. The number of hydrogen-bond acceptors (Lipinski definition) is 4. The number of phenolic OH excluding ortho intramolecular Hbond substituents is 4. The topological polar surface area (TPSA) is 80.9 Å². The van der Waals surface area contributed by atoms with Crippen LogP contribution in [-0.4, -0.2) is 20.4 Å². The molecule has 0 saturated heterocycles. The Hall–Kier alpha value is -3.92. The summed E-state index contributed by atoms with van der Waals surface area (Å²) in [4.78, 5) is 0. The lowest BCUT2D eigenvalue weighted by atomic mass is 9.88. The van der Waals surface area contributed by atoms with Crippen molar-refractivity contribution in [1.82, 2.24) is 0 Å². The van der Waals surface area contributed by atoms with Gasteiger partial charge in [-0.1, -0.05) is 43.3 Å². The highest BCUT2D eigenvalue weighted by Gasteiger charge is 2.18. The highest BCUT2D eigenvalue weighted by molar-refractivity contribution is 5.69. The molecule has 0 atom stereocenters. The Morgan fingerprint density at radius 3 is 1.17 bits per heavy atom. The van der Waals surface area contributed by atoms with Crippen LogP contribution in [0.4, 0.5) is 0 Å². The van der Waals surface area contributed by atoms with Gasteiger partial charge in [0.15, 0.2) is 0 Å². The van der Waals surface area contributed by atoms with E-state index in [1.165, 1.54) is 0 Å². The van der Waals surface area contributed by atoms with E-state index >= 15 is 0 Å². The standard InChI is InChI=1S/C26H22O4/c1-16(23-14-19(6-12-25(23)29)17-2-8-21(27)9-3-17)24-15-20(7-13-26(24)30)18-4-10-22(28)11-5-18/h2-16,27-30H,1H3. The Labute approximate surface area is 175 Å². The van der Waals surface area contributed by atoms with E-state index in [0.29, 0.717) is 11.1 Å². The van der Waals surface area contributed by atoms with E-state index in [-0.39, 0.29) is 28.9 Å². The molecule has 0 saturated carbocycles. The highest BCUT2D eigenvalue weighted by Crippen LogP contribution is 2.39. The summed E-state index contributed by atoms with van der Waals surface area (Å²) < 4.78 is 0. The molecule has 0 aromatic heterocycles. The SMILES string of the molecule is CC(c1cc(-c2ccc(O)cc2)ccc1O)c1cc(-c2ccc(O)cc2)ccc1O. The van der Waals surface area contributed by atoms with Gasteiger partial charge in [-0.3, -0.25) is 0 Å². The zero-order chi connectivity index (χ0) is 21.3. The first-order chi connectivity index (χ1) is 14.4. The number of rotatable bonds is 4. The van der Waals surface area contributed by atoms with Gasteiger partial charge in [-0.2, -0.15) is 0 Å². The van der Waals surface area contributed by atoms with Crippen molar-refractivity contribution >= 4 is 0 Å². The predicted molar refractivity (Wildman–Crippen MR) is 118 cm³/mol. The van der Waals surface area contributed by atoms with Crippen molar-refractivity contribution in [1.29, 1.82) is 0 Å². The number of phenols is 4. The molecule has 0 bridgehead atoms. The van der Waals surface area contributed by atoms with E-state index in [0.717, 1.165) is 22.3 Å². The van der Waals surface area contributed by atoms with Gasteiger partial charge in [0.1, 0.15) is 23.0 Å². The van der Waals surface area contributed by atoms with Crippen molar-refractivity contribution in [2.45, 2.75) is 12.8 Å². The van der Waals surface area contributed by atoms with Gasteiger partial charge in [-0.25, -0.2) is 0 Å². The van der Waals surface area contributed by atoms with Crippen LogP contribution in [-0.2, 0) is 0 Å². The summed E-state index contributed by atoms with van der Waals surface area (Å²) in [7, 11) is 0. The summed E-state index contributed by atoms with van der Waals surface area (Å²) in [6.07, 6.45) is 0. The van der Waals surface area contributed by atoms with Crippen molar-refractivity contribution in [3.63, 3.8) is 0 Å². The molecular formula is C26H22O4. The van der Waals surface area contributed by atoms with Crippen molar-refractivity contribution < 1.29 is 20.4 Å². The fourth-order valence-electron chi connectivity index (χ4n) is 3.64. The molecule has 4 nitrogen and oxygen atoms in total. The number of benzene rings is 4. The van der Waals surface area contributed by atoms with Crippen molar-refractivity contribution in [3.8, 4) is 45.3 Å². The quantitative estimate of drug-likeness (QED) is 0.340. The smallest absolute Gasteiger partial charge is 0.119 e. The van der Waals surface area contributed by atoms with Gasteiger partial charge in [-0.05, 0) is 70.8 Å². The van der Waals surface area contributed by atoms with E-state index in [2.05, 4.69) is 0 Å². The molecule has 0 radical (unpaired) electrons. The van der Waals surface area contributed by atoms with Crippen LogP contribution in [0.15, 0.2) is 84.9 Å². The molecule has 4 aromatic carbocycles. The number of hydrogen-bond donors (Lipinski definition) is 4. The van der Waals surface area contributed by atoms with Gasteiger partial charge in [0.2, 0.25) is 0 Å².